The number of amides is 1. The molecular weight excluding hydrogens is 282 g/mol. The van der Waals surface area contributed by atoms with Gasteiger partial charge in [-0.3, -0.25) is 4.79 Å². The zero-order chi connectivity index (χ0) is 13.0. The summed E-state index contributed by atoms with van der Waals surface area (Å²) in [5.41, 5.74) is 1.05. The van der Waals surface area contributed by atoms with Crippen molar-refractivity contribution in [1.29, 1.82) is 0 Å². The first-order valence-corrected chi connectivity index (χ1v) is 7.49. The van der Waals surface area contributed by atoms with E-state index < -0.39 is 0 Å². The van der Waals surface area contributed by atoms with Crippen molar-refractivity contribution in [3.8, 4) is 0 Å². The number of hydrogen-bond donors (Lipinski definition) is 2. The summed E-state index contributed by atoms with van der Waals surface area (Å²) in [6.45, 7) is 6.36. The number of carbonyl (C=O) groups excluding carboxylic acids is 1. The first kappa shape index (κ1) is 16.4. The van der Waals surface area contributed by atoms with Crippen molar-refractivity contribution >= 4 is 34.8 Å². The Morgan fingerprint density at radius 1 is 1.63 bits per heavy atom. The summed E-state index contributed by atoms with van der Waals surface area (Å²) in [6, 6.07) is 0. The third kappa shape index (κ3) is 5.09. The fourth-order valence-electron chi connectivity index (χ4n) is 2.09. The van der Waals surface area contributed by atoms with Crippen molar-refractivity contribution in [1.82, 2.24) is 10.3 Å². The Hall–Kier alpha value is -0.650. The van der Waals surface area contributed by atoms with Gasteiger partial charge in [0.25, 0.3) is 0 Å². The van der Waals surface area contributed by atoms with E-state index in [1.54, 1.807) is 0 Å². The Kier molecular flexibility index (Phi) is 6.75. The number of carbonyl (C=O) groups is 1. The lowest BCUT2D eigenvalue weighted by atomic mass is 10.0. The number of rotatable bonds is 5. The molecule has 1 aromatic rings. The molecule has 2 N–H and O–H groups in total. The first-order chi connectivity index (χ1) is 8.65. The highest BCUT2D eigenvalue weighted by Gasteiger charge is 2.16. The van der Waals surface area contributed by atoms with Gasteiger partial charge in [-0.1, -0.05) is 13.8 Å². The molecule has 1 aromatic heterocycles. The number of halogens is 1. The molecule has 1 aliphatic rings. The van der Waals surface area contributed by atoms with E-state index >= 15 is 0 Å². The van der Waals surface area contributed by atoms with Crippen molar-refractivity contribution < 1.29 is 4.79 Å². The summed E-state index contributed by atoms with van der Waals surface area (Å²) in [5.74, 6) is 1.17. The first-order valence-electron chi connectivity index (χ1n) is 6.61. The van der Waals surface area contributed by atoms with Crippen molar-refractivity contribution in [2.45, 2.75) is 39.0 Å². The summed E-state index contributed by atoms with van der Waals surface area (Å²) in [6.07, 6.45) is 2.77. The van der Waals surface area contributed by atoms with Crippen LogP contribution in [0.2, 0.25) is 0 Å². The van der Waals surface area contributed by atoms with Crippen molar-refractivity contribution in [2.75, 3.05) is 18.4 Å². The van der Waals surface area contributed by atoms with Crippen LogP contribution in [0.4, 0.5) is 5.13 Å². The van der Waals surface area contributed by atoms with Gasteiger partial charge in [-0.2, -0.15) is 0 Å². The average Bonchev–Trinajstić information content (AvgIpc) is 2.96. The highest BCUT2D eigenvalue weighted by Crippen LogP contribution is 2.22. The summed E-state index contributed by atoms with van der Waals surface area (Å²) in [7, 11) is 0. The SMILES string of the molecule is CC(C)c1csc(NC(=O)CCC2CCNC2)n1.Cl. The molecule has 1 atom stereocenters. The molecule has 0 radical (unpaired) electrons. The number of thiazole rings is 1. The second-order valence-electron chi connectivity index (χ2n) is 5.18. The topological polar surface area (TPSA) is 54.0 Å². The second kappa shape index (κ2) is 7.82. The molecule has 0 bridgehead atoms. The summed E-state index contributed by atoms with van der Waals surface area (Å²) < 4.78 is 0. The van der Waals surface area contributed by atoms with Crippen LogP contribution in [-0.4, -0.2) is 24.0 Å². The second-order valence-corrected chi connectivity index (χ2v) is 6.04. The zero-order valence-corrected chi connectivity index (χ0v) is 13.1. The maximum atomic E-state index is 11.8. The fraction of sp³-hybridized carbons (Fsp3) is 0.692. The van der Waals surface area contributed by atoms with Crippen LogP contribution in [0.25, 0.3) is 0 Å². The number of hydrogen-bond acceptors (Lipinski definition) is 4. The molecule has 2 heterocycles. The average molecular weight is 304 g/mol. The molecule has 1 unspecified atom stereocenters. The maximum absolute atomic E-state index is 11.8. The molecule has 1 amide bonds. The monoisotopic (exact) mass is 303 g/mol. The molecule has 0 aliphatic carbocycles. The maximum Gasteiger partial charge on any atom is 0.226 e. The number of nitrogens with zero attached hydrogens (tertiary/aromatic N) is 1. The van der Waals surface area contributed by atoms with E-state index in [9.17, 15) is 4.79 Å². The van der Waals surface area contributed by atoms with Gasteiger partial charge in [-0.05, 0) is 37.8 Å². The molecule has 108 valence electrons. The minimum atomic E-state index is 0. The van der Waals surface area contributed by atoms with Crippen LogP contribution in [0.1, 0.15) is 44.7 Å². The van der Waals surface area contributed by atoms with Gasteiger partial charge in [0.2, 0.25) is 5.91 Å². The van der Waals surface area contributed by atoms with Crippen molar-refractivity contribution in [3.63, 3.8) is 0 Å². The Labute approximate surface area is 124 Å². The van der Waals surface area contributed by atoms with E-state index in [0.717, 1.165) is 30.3 Å². The largest absolute Gasteiger partial charge is 0.316 e. The van der Waals surface area contributed by atoms with Crippen molar-refractivity contribution in [3.05, 3.63) is 11.1 Å². The molecule has 1 aliphatic heterocycles. The minimum absolute atomic E-state index is 0. The normalized spacial score (nSPS) is 18.4. The van der Waals surface area contributed by atoms with Gasteiger partial charge in [-0.15, -0.1) is 23.7 Å². The number of aromatic nitrogens is 1. The third-order valence-electron chi connectivity index (χ3n) is 3.30. The Morgan fingerprint density at radius 2 is 2.42 bits per heavy atom. The Morgan fingerprint density at radius 3 is 3.00 bits per heavy atom. The predicted octanol–water partition coefficient (Wildman–Crippen LogP) is 3.02. The lowest BCUT2D eigenvalue weighted by molar-refractivity contribution is -0.116. The van der Waals surface area contributed by atoms with Crippen LogP contribution in [0.15, 0.2) is 5.38 Å². The van der Waals surface area contributed by atoms with E-state index in [-0.39, 0.29) is 18.3 Å². The molecule has 0 saturated carbocycles. The number of anilines is 1. The molecule has 6 heteroatoms. The van der Waals surface area contributed by atoms with Gasteiger partial charge in [0.1, 0.15) is 0 Å². The van der Waals surface area contributed by atoms with Crippen LogP contribution in [0.5, 0.6) is 0 Å². The molecule has 0 spiro atoms. The quantitative estimate of drug-likeness (QED) is 0.879. The molecule has 2 rings (SSSR count). The molecule has 4 nitrogen and oxygen atoms in total. The Bertz CT molecular complexity index is 402. The summed E-state index contributed by atoms with van der Waals surface area (Å²) >= 11 is 1.51. The fourth-order valence-corrected chi connectivity index (χ4v) is 2.97. The van der Waals surface area contributed by atoms with Crippen LogP contribution in [0.3, 0.4) is 0 Å². The van der Waals surface area contributed by atoms with Crippen molar-refractivity contribution in [2.24, 2.45) is 5.92 Å². The molecule has 19 heavy (non-hydrogen) atoms. The third-order valence-corrected chi connectivity index (χ3v) is 4.08. The molecule has 1 saturated heterocycles. The lowest BCUT2D eigenvalue weighted by Gasteiger charge is -2.07. The van der Waals surface area contributed by atoms with E-state index in [4.69, 9.17) is 0 Å². The molecule has 1 fully saturated rings. The lowest BCUT2D eigenvalue weighted by Crippen LogP contribution is -2.15. The minimum Gasteiger partial charge on any atom is -0.316 e. The Balaban J connectivity index is 0.00000180. The highest BCUT2D eigenvalue weighted by atomic mass is 35.5. The van der Waals surface area contributed by atoms with Crippen LogP contribution in [0, 0.1) is 5.92 Å². The summed E-state index contributed by atoms with van der Waals surface area (Å²) in [4.78, 5) is 16.2. The van der Waals surface area contributed by atoms with Gasteiger partial charge < -0.3 is 10.6 Å². The van der Waals surface area contributed by atoms with Gasteiger partial charge in [0.05, 0.1) is 5.69 Å². The van der Waals surface area contributed by atoms with E-state index in [0.29, 0.717) is 18.3 Å². The van der Waals surface area contributed by atoms with Gasteiger partial charge in [0.15, 0.2) is 5.13 Å². The predicted molar refractivity (Wildman–Crippen MR) is 82.3 cm³/mol. The smallest absolute Gasteiger partial charge is 0.226 e. The highest BCUT2D eigenvalue weighted by molar-refractivity contribution is 7.13. The zero-order valence-electron chi connectivity index (χ0n) is 11.4. The standard InChI is InChI=1S/C13H21N3OS.ClH/c1-9(2)11-8-18-13(15-11)16-12(17)4-3-10-5-6-14-7-10;/h8-10,14H,3-7H2,1-2H3,(H,15,16,17);1H. The molecule has 0 aromatic carbocycles. The van der Waals surface area contributed by atoms with Gasteiger partial charge in [0, 0.05) is 11.8 Å². The van der Waals surface area contributed by atoms with Crippen LogP contribution in [-0.2, 0) is 4.79 Å². The van der Waals surface area contributed by atoms with Crippen LogP contribution >= 0.6 is 23.7 Å². The van der Waals surface area contributed by atoms with Gasteiger partial charge in [-0.25, -0.2) is 4.98 Å². The van der Waals surface area contributed by atoms with E-state index in [1.165, 1.54) is 17.8 Å². The van der Waals surface area contributed by atoms with Gasteiger partial charge >= 0.3 is 0 Å². The summed E-state index contributed by atoms with van der Waals surface area (Å²) in [5, 5.41) is 8.95. The van der Waals surface area contributed by atoms with Crippen LogP contribution < -0.4 is 10.6 Å². The van der Waals surface area contributed by atoms with E-state index in [1.807, 2.05) is 5.38 Å². The number of nitrogens with one attached hydrogen (secondary N) is 2. The molecular formula is C13H22ClN3OS. The van der Waals surface area contributed by atoms with E-state index in [2.05, 4.69) is 29.5 Å².